The molecular formula is C63H44N4. The molecule has 0 spiro atoms. The molecule has 11 aromatic rings. The summed E-state index contributed by atoms with van der Waals surface area (Å²) in [5.74, 6) is 0. The van der Waals surface area contributed by atoms with Crippen LogP contribution in [0.5, 0.6) is 0 Å². The minimum absolute atomic E-state index is 0.656. The van der Waals surface area contributed by atoms with E-state index in [9.17, 15) is 0 Å². The highest BCUT2D eigenvalue weighted by atomic mass is 15.2. The summed E-state index contributed by atoms with van der Waals surface area (Å²) in [7, 11) is 0. The van der Waals surface area contributed by atoms with Gasteiger partial charge >= 0.3 is 0 Å². The number of pyridine rings is 2. The number of rotatable bonds is 10. The van der Waals surface area contributed by atoms with E-state index < -0.39 is 5.41 Å². The zero-order valence-corrected chi connectivity index (χ0v) is 36.7. The lowest BCUT2D eigenvalue weighted by Crippen LogP contribution is -2.28. The maximum atomic E-state index is 5.30. The Labute approximate surface area is 391 Å². The van der Waals surface area contributed by atoms with Crippen LogP contribution < -0.4 is 9.80 Å². The van der Waals surface area contributed by atoms with Crippen molar-refractivity contribution in [3.8, 4) is 33.6 Å². The van der Waals surface area contributed by atoms with Gasteiger partial charge in [0.25, 0.3) is 0 Å². The van der Waals surface area contributed by atoms with Crippen LogP contribution in [0.3, 0.4) is 0 Å². The highest BCUT2D eigenvalue weighted by Crippen LogP contribution is 2.59. The second kappa shape index (κ2) is 16.9. The summed E-state index contributed by atoms with van der Waals surface area (Å²) < 4.78 is 0. The molecule has 4 nitrogen and oxygen atoms in total. The van der Waals surface area contributed by atoms with Gasteiger partial charge in [-0.1, -0.05) is 170 Å². The van der Waals surface area contributed by atoms with Crippen LogP contribution in [0.4, 0.5) is 34.1 Å². The highest BCUT2D eigenvalue weighted by Gasteiger charge is 2.47. The highest BCUT2D eigenvalue weighted by molar-refractivity contribution is 6.10. The second-order valence-electron chi connectivity index (χ2n) is 17.0. The lowest BCUT2D eigenvalue weighted by atomic mass is 9.67. The maximum absolute atomic E-state index is 5.30. The Morgan fingerprint density at radius 3 is 1.16 bits per heavy atom. The predicted molar refractivity (Wildman–Crippen MR) is 277 cm³/mol. The Morgan fingerprint density at radius 1 is 0.299 bits per heavy atom. The van der Waals surface area contributed by atoms with E-state index in [-0.39, 0.29) is 0 Å². The molecule has 0 aliphatic heterocycles. The molecule has 0 amide bonds. The van der Waals surface area contributed by atoms with E-state index in [1.165, 1.54) is 38.8 Å². The fraction of sp³-hybridized carbons (Fsp3) is 0.0159. The number of para-hydroxylation sites is 4. The van der Waals surface area contributed by atoms with E-state index in [0.717, 1.165) is 62.0 Å². The molecule has 0 N–H and O–H groups in total. The van der Waals surface area contributed by atoms with Gasteiger partial charge in [-0.3, -0.25) is 9.97 Å². The molecule has 2 heterocycles. The summed E-state index contributed by atoms with van der Waals surface area (Å²) in [6.07, 6.45) is 4.01. The second-order valence-corrected chi connectivity index (χ2v) is 17.0. The minimum Gasteiger partial charge on any atom is -0.309 e. The van der Waals surface area contributed by atoms with Crippen LogP contribution in [0.15, 0.2) is 267 Å². The van der Waals surface area contributed by atoms with Crippen LogP contribution >= 0.6 is 0 Å². The van der Waals surface area contributed by atoms with Crippen molar-refractivity contribution in [1.29, 1.82) is 0 Å². The number of benzene rings is 9. The van der Waals surface area contributed by atoms with Crippen molar-refractivity contribution in [1.82, 2.24) is 9.97 Å². The summed E-state index contributed by atoms with van der Waals surface area (Å²) in [5.41, 5.74) is 16.9. The third kappa shape index (κ3) is 6.86. The quantitative estimate of drug-likeness (QED) is 0.137. The van der Waals surface area contributed by atoms with Gasteiger partial charge in [-0.2, -0.15) is 0 Å². The Hall–Kier alpha value is -8.86. The number of nitrogens with zero attached hydrogens (tertiary/aromatic N) is 4. The molecule has 9 aromatic carbocycles. The molecule has 0 unspecified atom stereocenters. The number of hydrogen-bond acceptors (Lipinski definition) is 4. The third-order valence-corrected chi connectivity index (χ3v) is 13.2. The molecule has 0 bridgehead atoms. The predicted octanol–water partition coefficient (Wildman–Crippen LogP) is 16.3. The monoisotopic (exact) mass is 856 g/mol. The zero-order chi connectivity index (χ0) is 44.6. The molecular weight excluding hydrogens is 813 g/mol. The summed E-state index contributed by atoms with van der Waals surface area (Å²) in [5, 5.41) is 2.36. The van der Waals surface area contributed by atoms with Crippen LogP contribution in [0.1, 0.15) is 22.3 Å². The molecule has 0 saturated carbocycles. The van der Waals surface area contributed by atoms with Crippen LogP contribution in [-0.2, 0) is 5.41 Å². The van der Waals surface area contributed by atoms with Crippen molar-refractivity contribution >= 4 is 44.9 Å². The molecule has 0 fully saturated rings. The Balaban J connectivity index is 1.03. The smallest absolute Gasteiger partial charge is 0.0714 e. The van der Waals surface area contributed by atoms with E-state index in [0.29, 0.717) is 0 Å². The minimum atomic E-state index is -0.656. The van der Waals surface area contributed by atoms with Gasteiger partial charge in [0.15, 0.2) is 0 Å². The Kier molecular flexibility index (Phi) is 10.0. The van der Waals surface area contributed by atoms with Gasteiger partial charge in [-0.05, 0) is 129 Å². The van der Waals surface area contributed by atoms with Crippen molar-refractivity contribution in [3.63, 3.8) is 0 Å². The summed E-state index contributed by atoms with van der Waals surface area (Å²) >= 11 is 0. The average Bonchev–Trinajstić information content (AvgIpc) is 3.71. The van der Waals surface area contributed by atoms with E-state index in [1.54, 1.807) is 0 Å². The van der Waals surface area contributed by atoms with Gasteiger partial charge in [0.1, 0.15) is 0 Å². The maximum Gasteiger partial charge on any atom is 0.0714 e. The average molecular weight is 857 g/mol. The topological polar surface area (TPSA) is 32.3 Å². The molecule has 0 saturated heterocycles. The molecule has 1 aliphatic rings. The van der Waals surface area contributed by atoms with Crippen LogP contribution in [0.2, 0.25) is 0 Å². The first-order chi connectivity index (χ1) is 33.3. The Morgan fingerprint density at radius 2 is 0.716 bits per heavy atom. The summed E-state index contributed by atoms with van der Waals surface area (Å²) in [6.45, 7) is 0. The summed E-state index contributed by atoms with van der Waals surface area (Å²) in [6, 6.07) is 90.9. The lowest BCUT2D eigenvalue weighted by Gasteiger charge is -2.34. The van der Waals surface area contributed by atoms with Crippen LogP contribution in [0.25, 0.3) is 44.4 Å². The Bertz CT molecular complexity index is 3360. The lowest BCUT2D eigenvalue weighted by molar-refractivity contribution is 0.769. The van der Waals surface area contributed by atoms with E-state index in [1.807, 2.05) is 12.4 Å². The first-order valence-corrected chi connectivity index (χ1v) is 22.8. The van der Waals surface area contributed by atoms with Gasteiger partial charge in [-0.25, -0.2) is 0 Å². The van der Waals surface area contributed by atoms with Gasteiger partial charge in [0, 0.05) is 33.9 Å². The molecule has 0 atom stereocenters. The van der Waals surface area contributed by atoms with Crippen LogP contribution in [-0.4, -0.2) is 9.97 Å². The molecule has 1 aliphatic carbocycles. The normalized spacial score (nSPS) is 12.3. The van der Waals surface area contributed by atoms with Gasteiger partial charge in [-0.15, -0.1) is 0 Å². The van der Waals surface area contributed by atoms with E-state index in [4.69, 9.17) is 9.97 Å². The van der Waals surface area contributed by atoms with Crippen molar-refractivity contribution in [2.75, 3.05) is 9.80 Å². The van der Waals surface area contributed by atoms with Crippen LogP contribution in [0, 0.1) is 0 Å². The van der Waals surface area contributed by atoms with Crippen molar-refractivity contribution in [3.05, 3.63) is 289 Å². The molecule has 2 aromatic heterocycles. The van der Waals surface area contributed by atoms with Crippen molar-refractivity contribution < 1.29 is 0 Å². The number of anilines is 6. The van der Waals surface area contributed by atoms with Gasteiger partial charge in [0.2, 0.25) is 0 Å². The fourth-order valence-corrected chi connectivity index (χ4v) is 10.3. The van der Waals surface area contributed by atoms with Crippen molar-refractivity contribution in [2.45, 2.75) is 5.41 Å². The molecule has 4 heteroatoms. The molecule has 316 valence electrons. The third-order valence-electron chi connectivity index (χ3n) is 13.2. The number of fused-ring (bicyclic) bond motifs is 5. The first-order valence-electron chi connectivity index (χ1n) is 22.8. The SMILES string of the molecule is c1ccc(N(c2ccccc2)c2ccc(-c3ccc4c(c3)C(c3ccccc3)(c3ccccc3)c3cc(-c5ccc(N(c6ccccc6)c6ccccc6)cn5)c5ccccc5c3-4)nc2)cc1. The summed E-state index contributed by atoms with van der Waals surface area (Å²) in [4.78, 5) is 15.0. The van der Waals surface area contributed by atoms with E-state index >= 15 is 0 Å². The van der Waals surface area contributed by atoms with E-state index in [2.05, 4.69) is 265 Å². The van der Waals surface area contributed by atoms with Crippen molar-refractivity contribution in [2.24, 2.45) is 0 Å². The molecule has 0 radical (unpaired) electrons. The standard InChI is InChI=1S/C63H44N4/c1-7-21-46(22-8-1)63(47-23-9-2-10-24-47)58-41-45(60-39-36-52(43-64-60)66(48-25-11-3-12-26-48)49-27-13-4-14-28-49)35-38-56(58)62-55-34-20-19-33-54(55)57(42-59(62)63)61-40-37-53(44-65-61)67(50-29-15-5-16-30-50)51-31-17-6-18-32-51/h1-44H. The number of hydrogen-bond donors (Lipinski definition) is 0. The zero-order valence-electron chi connectivity index (χ0n) is 36.7. The van der Waals surface area contributed by atoms with Gasteiger partial charge < -0.3 is 9.80 Å². The van der Waals surface area contributed by atoms with Gasteiger partial charge in [0.05, 0.1) is 40.6 Å². The molecule has 12 rings (SSSR count). The first kappa shape index (κ1) is 39.7. The number of aromatic nitrogens is 2. The molecule has 67 heavy (non-hydrogen) atoms. The largest absolute Gasteiger partial charge is 0.309 e. The fourth-order valence-electron chi connectivity index (χ4n) is 10.3.